The first kappa shape index (κ1) is 20.7. The summed E-state index contributed by atoms with van der Waals surface area (Å²) in [5.74, 6) is -0.176. The fourth-order valence-electron chi connectivity index (χ4n) is 3.57. The molecular formula is C23H30N4O2. The van der Waals surface area contributed by atoms with Crippen molar-refractivity contribution in [2.75, 3.05) is 53.7 Å². The molecule has 0 bridgehead atoms. The van der Waals surface area contributed by atoms with Gasteiger partial charge in [-0.05, 0) is 61.4 Å². The number of hydrogen-bond donors (Lipinski definition) is 1. The van der Waals surface area contributed by atoms with Gasteiger partial charge >= 0.3 is 0 Å². The van der Waals surface area contributed by atoms with Crippen molar-refractivity contribution in [2.45, 2.75) is 26.2 Å². The molecule has 2 aromatic rings. The fraction of sp³-hybridized carbons (Fsp3) is 0.391. The lowest BCUT2D eigenvalue weighted by molar-refractivity contribution is -0.117. The zero-order chi connectivity index (χ0) is 20.8. The van der Waals surface area contributed by atoms with Gasteiger partial charge in [0.1, 0.15) is 0 Å². The molecule has 1 aliphatic rings. The van der Waals surface area contributed by atoms with E-state index in [1.807, 2.05) is 55.4 Å². The van der Waals surface area contributed by atoms with Crippen molar-refractivity contribution in [1.29, 1.82) is 0 Å². The van der Waals surface area contributed by atoms with Crippen molar-refractivity contribution in [3.63, 3.8) is 0 Å². The molecule has 1 heterocycles. The first-order chi connectivity index (χ1) is 13.9. The van der Waals surface area contributed by atoms with Crippen LogP contribution in [0.4, 0.5) is 22.7 Å². The number of amides is 2. The molecule has 29 heavy (non-hydrogen) atoms. The Labute approximate surface area is 173 Å². The highest BCUT2D eigenvalue weighted by molar-refractivity contribution is 5.95. The summed E-state index contributed by atoms with van der Waals surface area (Å²) in [4.78, 5) is 30.5. The molecule has 154 valence electrons. The van der Waals surface area contributed by atoms with Gasteiger partial charge in [-0.15, -0.1) is 0 Å². The maximum absolute atomic E-state index is 12.4. The highest BCUT2D eigenvalue weighted by Crippen LogP contribution is 2.24. The van der Waals surface area contributed by atoms with Crippen molar-refractivity contribution in [1.82, 2.24) is 0 Å². The molecule has 6 heteroatoms. The van der Waals surface area contributed by atoms with Gasteiger partial charge in [0, 0.05) is 69.8 Å². The largest absolute Gasteiger partial charge is 0.378 e. The summed E-state index contributed by atoms with van der Waals surface area (Å²) in [5.41, 5.74) is 3.84. The van der Waals surface area contributed by atoms with Crippen LogP contribution < -0.4 is 20.0 Å². The van der Waals surface area contributed by atoms with Gasteiger partial charge in [0.25, 0.3) is 0 Å². The van der Waals surface area contributed by atoms with Crippen LogP contribution in [0, 0.1) is 0 Å². The van der Waals surface area contributed by atoms with E-state index in [0.717, 1.165) is 30.2 Å². The van der Waals surface area contributed by atoms with Gasteiger partial charge in [-0.2, -0.15) is 0 Å². The monoisotopic (exact) mass is 394 g/mol. The van der Waals surface area contributed by atoms with Crippen LogP contribution in [0.5, 0.6) is 0 Å². The molecule has 0 saturated carbocycles. The molecule has 1 aliphatic heterocycles. The Morgan fingerprint density at radius 3 is 2.07 bits per heavy atom. The van der Waals surface area contributed by atoms with E-state index in [0.29, 0.717) is 6.54 Å². The van der Waals surface area contributed by atoms with E-state index < -0.39 is 0 Å². The number of carbonyl (C=O) groups excluding carboxylic acids is 2. The highest BCUT2D eigenvalue weighted by atomic mass is 16.2. The maximum atomic E-state index is 12.4. The van der Waals surface area contributed by atoms with E-state index in [-0.39, 0.29) is 18.2 Å². The summed E-state index contributed by atoms with van der Waals surface area (Å²) in [6, 6.07) is 15.7. The summed E-state index contributed by atoms with van der Waals surface area (Å²) < 4.78 is 0. The summed E-state index contributed by atoms with van der Waals surface area (Å²) in [7, 11) is 3.95. The van der Waals surface area contributed by atoms with Crippen LogP contribution >= 0.6 is 0 Å². The molecule has 0 aromatic heterocycles. The lowest BCUT2D eigenvalue weighted by Gasteiger charge is -2.23. The second kappa shape index (κ2) is 9.45. The summed E-state index contributed by atoms with van der Waals surface area (Å²) in [6.45, 7) is 4.06. The minimum absolute atomic E-state index is 0.0675. The Kier molecular flexibility index (Phi) is 6.75. The van der Waals surface area contributed by atoms with E-state index in [1.54, 1.807) is 4.90 Å². The third-order valence-electron chi connectivity index (χ3n) is 5.24. The maximum Gasteiger partial charge on any atom is 0.226 e. The molecule has 2 amide bonds. The van der Waals surface area contributed by atoms with Crippen LogP contribution in [0.2, 0.25) is 0 Å². The van der Waals surface area contributed by atoms with Gasteiger partial charge in [0.15, 0.2) is 0 Å². The Balaban J connectivity index is 1.57. The van der Waals surface area contributed by atoms with Gasteiger partial charge in [-0.1, -0.05) is 0 Å². The van der Waals surface area contributed by atoms with E-state index >= 15 is 0 Å². The predicted molar refractivity (Wildman–Crippen MR) is 120 cm³/mol. The number of rotatable bonds is 7. The minimum atomic E-state index is -0.109. The number of carbonyl (C=O) groups is 2. The van der Waals surface area contributed by atoms with Gasteiger partial charge in [0.05, 0.1) is 0 Å². The van der Waals surface area contributed by atoms with E-state index in [1.165, 1.54) is 25.5 Å². The highest BCUT2D eigenvalue weighted by Gasteiger charge is 2.16. The van der Waals surface area contributed by atoms with Gasteiger partial charge < -0.3 is 20.0 Å². The molecule has 6 nitrogen and oxygen atoms in total. The van der Waals surface area contributed by atoms with Crippen molar-refractivity contribution in [2.24, 2.45) is 0 Å². The molecule has 3 rings (SSSR count). The van der Waals surface area contributed by atoms with Gasteiger partial charge in [0.2, 0.25) is 11.8 Å². The number of benzene rings is 2. The molecule has 1 fully saturated rings. The van der Waals surface area contributed by atoms with E-state index in [4.69, 9.17) is 0 Å². The Bertz CT molecular complexity index is 825. The smallest absolute Gasteiger partial charge is 0.226 e. The molecule has 0 atom stereocenters. The van der Waals surface area contributed by atoms with Crippen LogP contribution in [0.25, 0.3) is 0 Å². The van der Waals surface area contributed by atoms with Crippen molar-refractivity contribution in [3.05, 3.63) is 48.5 Å². The predicted octanol–water partition coefficient (Wildman–Crippen LogP) is 3.73. The third-order valence-corrected chi connectivity index (χ3v) is 5.24. The van der Waals surface area contributed by atoms with E-state index in [2.05, 4.69) is 22.3 Å². The summed E-state index contributed by atoms with van der Waals surface area (Å²) in [6.07, 6.45) is 2.70. The summed E-state index contributed by atoms with van der Waals surface area (Å²) >= 11 is 0. The third kappa shape index (κ3) is 5.50. The van der Waals surface area contributed by atoms with Crippen LogP contribution in [-0.4, -0.2) is 45.5 Å². The second-order valence-corrected chi connectivity index (χ2v) is 7.62. The van der Waals surface area contributed by atoms with Gasteiger partial charge in [-0.25, -0.2) is 0 Å². The zero-order valence-electron chi connectivity index (χ0n) is 17.5. The van der Waals surface area contributed by atoms with Crippen LogP contribution in [0.15, 0.2) is 48.5 Å². The molecule has 0 radical (unpaired) electrons. The Morgan fingerprint density at radius 2 is 1.52 bits per heavy atom. The average molecular weight is 395 g/mol. The van der Waals surface area contributed by atoms with Crippen molar-refractivity contribution < 1.29 is 9.59 Å². The van der Waals surface area contributed by atoms with E-state index in [9.17, 15) is 9.59 Å². The summed E-state index contributed by atoms with van der Waals surface area (Å²) in [5, 5.41) is 2.90. The Hall–Kier alpha value is -3.02. The lowest BCUT2D eigenvalue weighted by atomic mass is 10.2. The number of hydrogen-bond acceptors (Lipinski definition) is 4. The molecule has 2 aromatic carbocycles. The zero-order valence-corrected chi connectivity index (χ0v) is 17.5. The SMILES string of the molecule is CC(=O)N(CCC(=O)Nc1ccc(N(C)C)cc1)c1ccc(N2CCCC2)cc1. The number of nitrogens with one attached hydrogen (secondary N) is 1. The molecule has 0 spiro atoms. The molecule has 1 saturated heterocycles. The normalized spacial score (nSPS) is 13.3. The Morgan fingerprint density at radius 1 is 0.931 bits per heavy atom. The minimum Gasteiger partial charge on any atom is -0.378 e. The van der Waals surface area contributed by atoms with Crippen LogP contribution in [0.3, 0.4) is 0 Å². The van der Waals surface area contributed by atoms with Gasteiger partial charge in [-0.3, -0.25) is 9.59 Å². The molecule has 0 aliphatic carbocycles. The first-order valence-electron chi connectivity index (χ1n) is 10.1. The number of nitrogens with zero attached hydrogens (tertiary/aromatic N) is 3. The average Bonchev–Trinajstić information content (AvgIpc) is 3.23. The van der Waals surface area contributed by atoms with Crippen molar-refractivity contribution in [3.8, 4) is 0 Å². The standard InChI is InChI=1S/C23H30N4O2/c1-18(28)27(22-12-10-21(11-13-22)26-15-4-5-16-26)17-14-23(29)24-19-6-8-20(9-7-19)25(2)3/h6-13H,4-5,14-17H2,1-3H3,(H,24,29). The molecule has 0 unspecified atom stereocenters. The lowest BCUT2D eigenvalue weighted by Crippen LogP contribution is -2.32. The van der Waals surface area contributed by atoms with Crippen LogP contribution in [0.1, 0.15) is 26.2 Å². The second-order valence-electron chi connectivity index (χ2n) is 7.62. The molecule has 1 N–H and O–H groups in total. The topological polar surface area (TPSA) is 55.9 Å². The van der Waals surface area contributed by atoms with Crippen LogP contribution in [-0.2, 0) is 9.59 Å². The quantitative estimate of drug-likeness (QED) is 0.777. The first-order valence-corrected chi connectivity index (χ1v) is 10.1. The number of anilines is 4. The fourth-order valence-corrected chi connectivity index (χ4v) is 3.57. The molecular weight excluding hydrogens is 364 g/mol. The van der Waals surface area contributed by atoms with Crippen molar-refractivity contribution >= 4 is 34.6 Å².